The van der Waals surface area contributed by atoms with Crippen molar-refractivity contribution in [3.8, 4) is 5.75 Å². The SMILES string of the molecule is Cc1ccc(OCCCCCS(=O)(=O)Cl)c([N+](=O)[O-])c1. The highest BCUT2D eigenvalue weighted by molar-refractivity contribution is 8.13. The number of nitrogens with zero attached hydrogens (tertiary/aromatic N) is 1. The second kappa shape index (κ2) is 7.44. The molecule has 0 amide bonds. The second-order valence-electron chi connectivity index (χ2n) is 4.38. The molecule has 8 heteroatoms. The van der Waals surface area contributed by atoms with Crippen molar-refractivity contribution < 1.29 is 18.1 Å². The molecule has 0 aromatic heterocycles. The van der Waals surface area contributed by atoms with E-state index in [4.69, 9.17) is 15.4 Å². The van der Waals surface area contributed by atoms with Crippen molar-refractivity contribution in [2.24, 2.45) is 0 Å². The predicted molar refractivity (Wildman–Crippen MR) is 76.8 cm³/mol. The molecule has 20 heavy (non-hydrogen) atoms. The van der Waals surface area contributed by atoms with E-state index in [1.54, 1.807) is 19.1 Å². The molecule has 0 radical (unpaired) electrons. The molecule has 0 unspecified atom stereocenters. The molecule has 0 saturated carbocycles. The van der Waals surface area contributed by atoms with Crippen LogP contribution in [-0.2, 0) is 9.05 Å². The molecule has 0 aliphatic rings. The first-order valence-corrected chi connectivity index (χ1v) is 8.57. The Bertz CT molecular complexity index is 573. The molecule has 1 aromatic rings. The zero-order valence-corrected chi connectivity index (χ0v) is 12.6. The van der Waals surface area contributed by atoms with Crippen molar-refractivity contribution in [1.29, 1.82) is 0 Å². The summed E-state index contributed by atoms with van der Waals surface area (Å²) in [5.41, 5.74) is 0.727. The Kier molecular flexibility index (Phi) is 6.22. The minimum absolute atomic E-state index is 0.0617. The Morgan fingerprint density at radius 3 is 2.60 bits per heavy atom. The number of halogens is 1. The minimum atomic E-state index is -3.44. The number of ether oxygens (including phenoxy) is 1. The summed E-state index contributed by atoms with van der Waals surface area (Å²) in [6, 6.07) is 4.76. The lowest BCUT2D eigenvalue weighted by molar-refractivity contribution is -0.385. The van der Waals surface area contributed by atoms with Crippen LogP contribution in [0, 0.1) is 17.0 Å². The van der Waals surface area contributed by atoms with Gasteiger partial charge in [-0.3, -0.25) is 10.1 Å². The Morgan fingerprint density at radius 1 is 1.30 bits per heavy atom. The normalized spacial score (nSPS) is 11.3. The summed E-state index contributed by atoms with van der Waals surface area (Å²) in [5, 5.41) is 10.9. The summed E-state index contributed by atoms with van der Waals surface area (Å²) in [7, 11) is 1.63. The van der Waals surface area contributed by atoms with Gasteiger partial charge in [-0.05, 0) is 37.8 Å². The number of nitro benzene ring substituents is 1. The van der Waals surface area contributed by atoms with E-state index in [-0.39, 0.29) is 17.2 Å². The number of unbranched alkanes of at least 4 members (excludes halogenated alkanes) is 2. The first-order chi connectivity index (χ1) is 9.29. The highest BCUT2D eigenvalue weighted by atomic mass is 35.7. The van der Waals surface area contributed by atoms with Crippen LogP contribution >= 0.6 is 10.7 Å². The third-order valence-electron chi connectivity index (χ3n) is 2.60. The van der Waals surface area contributed by atoms with E-state index in [2.05, 4.69) is 0 Å². The maximum Gasteiger partial charge on any atom is 0.311 e. The van der Waals surface area contributed by atoms with Gasteiger partial charge in [0.15, 0.2) is 5.75 Å². The van der Waals surface area contributed by atoms with Gasteiger partial charge in [-0.25, -0.2) is 8.42 Å². The van der Waals surface area contributed by atoms with Crippen LogP contribution in [0.4, 0.5) is 5.69 Å². The van der Waals surface area contributed by atoms with E-state index in [0.717, 1.165) is 5.56 Å². The van der Waals surface area contributed by atoms with Crippen LogP contribution < -0.4 is 4.74 Å². The molecule has 0 saturated heterocycles. The number of aryl methyl sites for hydroxylation is 1. The van der Waals surface area contributed by atoms with Gasteiger partial charge in [-0.1, -0.05) is 6.07 Å². The fourth-order valence-electron chi connectivity index (χ4n) is 1.63. The van der Waals surface area contributed by atoms with Gasteiger partial charge in [0.25, 0.3) is 0 Å². The van der Waals surface area contributed by atoms with Crippen LogP contribution in [0.15, 0.2) is 18.2 Å². The Morgan fingerprint density at radius 2 is 2.00 bits per heavy atom. The highest BCUT2D eigenvalue weighted by Crippen LogP contribution is 2.27. The van der Waals surface area contributed by atoms with Crippen LogP contribution in [0.3, 0.4) is 0 Å². The third kappa shape index (κ3) is 6.21. The predicted octanol–water partition coefficient (Wildman–Crippen LogP) is 3.02. The zero-order chi connectivity index (χ0) is 15.2. The molecule has 112 valence electrons. The van der Waals surface area contributed by atoms with Gasteiger partial charge in [0.1, 0.15) is 0 Å². The monoisotopic (exact) mass is 321 g/mol. The van der Waals surface area contributed by atoms with Crippen molar-refractivity contribution in [3.05, 3.63) is 33.9 Å². The van der Waals surface area contributed by atoms with E-state index in [1.807, 2.05) is 0 Å². The van der Waals surface area contributed by atoms with Gasteiger partial charge in [0, 0.05) is 16.7 Å². The lowest BCUT2D eigenvalue weighted by Gasteiger charge is -2.07. The Hall–Kier alpha value is -1.34. The number of hydrogen-bond donors (Lipinski definition) is 0. The fourth-order valence-corrected chi connectivity index (χ4v) is 2.50. The number of rotatable bonds is 8. The first kappa shape index (κ1) is 16.7. The Labute approximate surface area is 122 Å². The summed E-state index contributed by atoms with van der Waals surface area (Å²) in [5.74, 6) is 0.157. The summed E-state index contributed by atoms with van der Waals surface area (Å²) >= 11 is 0. The number of benzene rings is 1. The molecule has 0 atom stereocenters. The Balaban J connectivity index is 2.41. The van der Waals surface area contributed by atoms with Crippen molar-refractivity contribution in [2.75, 3.05) is 12.4 Å². The zero-order valence-electron chi connectivity index (χ0n) is 11.0. The summed E-state index contributed by atoms with van der Waals surface area (Å²) in [6.07, 6.45) is 1.69. The average Bonchev–Trinajstić information content (AvgIpc) is 2.33. The third-order valence-corrected chi connectivity index (χ3v) is 3.84. The summed E-state index contributed by atoms with van der Waals surface area (Å²) in [6.45, 7) is 2.07. The van der Waals surface area contributed by atoms with Gasteiger partial charge >= 0.3 is 5.69 Å². The van der Waals surface area contributed by atoms with Crippen molar-refractivity contribution in [3.63, 3.8) is 0 Å². The molecular formula is C12H16ClNO5S. The standard InChI is InChI=1S/C12H16ClNO5S/c1-10-5-6-12(11(9-10)14(15)16)19-7-3-2-4-8-20(13,17)18/h5-6,9H,2-4,7-8H2,1H3. The molecule has 0 aliphatic heterocycles. The molecule has 0 N–H and O–H groups in total. The first-order valence-electron chi connectivity index (χ1n) is 6.10. The number of nitro groups is 1. The van der Waals surface area contributed by atoms with E-state index in [1.165, 1.54) is 6.07 Å². The van der Waals surface area contributed by atoms with Crippen molar-refractivity contribution in [1.82, 2.24) is 0 Å². The van der Waals surface area contributed by atoms with E-state index < -0.39 is 14.0 Å². The quantitative estimate of drug-likeness (QED) is 0.318. The summed E-state index contributed by atoms with van der Waals surface area (Å²) < 4.78 is 26.8. The molecule has 6 nitrogen and oxygen atoms in total. The van der Waals surface area contributed by atoms with E-state index >= 15 is 0 Å². The molecule has 0 bridgehead atoms. The molecule has 0 fully saturated rings. The molecule has 1 aromatic carbocycles. The minimum Gasteiger partial charge on any atom is -0.487 e. The smallest absolute Gasteiger partial charge is 0.311 e. The highest BCUT2D eigenvalue weighted by Gasteiger charge is 2.14. The number of hydrogen-bond acceptors (Lipinski definition) is 5. The lowest BCUT2D eigenvalue weighted by atomic mass is 10.2. The second-order valence-corrected chi connectivity index (χ2v) is 7.28. The fraction of sp³-hybridized carbons (Fsp3) is 0.500. The van der Waals surface area contributed by atoms with E-state index in [9.17, 15) is 18.5 Å². The van der Waals surface area contributed by atoms with Crippen LogP contribution in [-0.4, -0.2) is 25.7 Å². The van der Waals surface area contributed by atoms with Crippen LogP contribution in [0.5, 0.6) is 5.75 Å². The van der Waals surface area contributed by atoms with Gasteiger partial charge in [0.2, 0.25) is 9.05 Å². The molecule has 1 rings (SSSR count). The van der Waals surface area contributed by atoms with Crippen LogP contribution in [0.1, 0.15) is 24.8 Å². The molecule has 0 heterocycles. The molecule has 0 aliphatic carbocycles. The van der Waals surface area contributed by atoms with Gasteiger partial charge in [0.05, 0.1) is 17.3 Å². The molecular weight excluding hydrogens is 306 g/mol. The maximum atomic E-state index is 10.9. The lowest BCUT2D eigenvalue weighted by Crippen LogP contribution is -2.02. The van der Waals surface area contributed by atoms with Crippen LogP contribution in [0.2, 0.25) is 0 Å². The van der Waals surface area contributed by atoms with Crippen molar-refractivity contribution >= 4 is 25.4 Å². The molecule has 0 spiro atoms. The van der Waals surface area contributed by atoms with Crippen molar-refractivity contribution in [2.45, 2.75) is 26.2 Å². The summed E-state index contributed by atoms with van der Waals surface area (Å²) in [4.78, 5) is 10.4. The van der Waals surface area contributed by atoms with Crippen LogP contribution in [0.25, 0.3) is 0 Å². The van der Waals surface area contributed by atoms with Gasteiger partial charge in [-0.15, -0.1) is 0 Å². The van der Waals surface area contributed by atoms with E-state index in [0.29, 0.717) is 25.9 Å². The topological polar surface area (TPSA) is 86.5 Å². The largest absolute Gasteiger partial charge is 0.487 e. The average molecular weight is 322 g/mol. The van der Waals surface area contributed by atoms with Gasteiger partial charge in [-0.2, -0.15) is 0 Å². The maximum absolute atomic E-state index is 10.9. The van der Waals surface area contributed by atoms with Gasteiger partial charge < -0.3 is 4.74 Å².